The third-order valence-electron chi connectivity index (χ3n) is 4.47. The van der Waals surface area contributed by atoms with Crippen LogP contribution in [0.2, 0.25) is 0 Å². The molecule has 1 fully saturated rings. The van der Waals surface area contributed by atoms with Gasteiger partial charge in [-0.3, -0.25) is 4.99 Å². The van der Waals surface area contributed by atoms with Crippen molar-refractivity contribution >= 4 is 28.5 Å². The van der Waals surface area contributed by atoms with Crippen molar-refractivity contribution in [3.63, 3.8) is 0 Å². The van der Waals surface area contributed by atoms with E-state index < -0.39 is 5.60 Å². The van der Waals surface area contributed by atoms with E-state index in [1.165, 1.54) is 16.3 Å². The summed E-state index contributed by atoms with van der Waals surface area (Å²) in [5, 5.41) is 16.3. The van der Waals surface area contributed by atoms with E-state index in [0.717, 1.165) is 30.4 Å². The van der Waals surface area contributed by atoms with E-state index in [4.69, 9.17) is 0 Å². The molecule has 1 aliphatic heterocycles. The average Bonchev–Trinajstić information content (AvgIpc) is 3.02. The highest BCUT2D eigenvalue weighted by Gasteiger charge is 2.31. The number of nitrogens with zero attached hydrogens (tertiary/aromatic N) is 2. The first-order chi connectivity index (χ1) is 11.6. The Morgan fingerprint density at radius 3 is 2.79 bits per heavy atom. The van der Waals surface area contributed by atoms with Gasteiger partial charge in [0, 0.05) is 32.9 Å². The number of aliphatic imine (C=N–C) groups is 1. The predicted octanol–water partition coefficient (Wildman–Crippen LogP) is 2.72. The Morgan fingerprint density at radius 2 is 2.08 bits per heavy atom. The third kappa shape index (κ3) is 4.02. The van der Waals surface area contributed by atoms with Gasteiger partial charge >= 0.3 is 0 Å². The average molecular weight is 343 g/mol. The van der Waals surface area contributed by atoms with Crippen LogP contribution in [0.15, 0.2) is 47.5 Å². The Kier molecular flexibility index (Phi) is 5.31. The molecule has 2 aromatic carbocycles. The van der Waals surface area contributed by atoms with E-state index in [9.17, 15) is 5.11 Å². The number of benzene rings is 2. The molecule has 4 nitrogen and oxygen atoms in total. The molecule has 0 radical (unpaired) electrons. The van der Waals surface area contributed by atoms with Crippen LogP contribution in [0.25, 0.3) is 10.8 Å². The van der Waals surface area contributed by atoms with Crippen molar-refractivity contribution in [1.82, 2.24) is 10.2 Å². The second-order valence-corrected chi connectivity index (χ2v) is 7.57. The van der Waals surface area contributed by atoms with Crippen LogP contribution in [0.5, 0.6) is 0 Å². The number of hydrogen-bond donors (Lipinski definition) is 2. The SMILES string of the molecule is CN=C(NCC1(O)CCSC1)N(C)Cc1ccc2ccccc2c1. The van der Waals surface area contributed by atoms with Gasteiger partial charge in [0.15, 0.2) is 5.96 Å². The summed E-state index contributed by atoms with van der Waals surface area (Å²) < 4.78 is 0. The summed E-state index contributed by atoms with van der Waals surface area (Å²) in [6.45, 7) is 1.33. The molecule has 128 valence electrons. The summed E-state index contributed by atoms with van der Waals surface area (Å²) >= 11 is 1.81. The predicted molar refractivity (Wildman–Crippen MR) is 104 cm³/mol. The van der Waals surface area contributed by atoms with Crippen LogP contribution in [-0.2, 0) is 6.54 Å². The number of thioether (sulfide) groups is 1. The molecule has 1 heterocycles. The van der Waals surface area contributed by atoms with Crippen molar-refractivity contribution in [2.75, 3.05) is 32.1 Å². The molecule has 1 unspecified atom stereocenters. The van der Waals surface area contributed by atoms with Gasteiger partial charge in [0.1, 0.15) is 0 Å². The van der Waals surface area contributed by atoms with Gasteiger partial charge in [-0.1, -0.05) is 36.4 Å². The Balaban J connectivity index is 1.63. The molecule has 0 bridgehead atoms. The van der Waals surface area contributed by atoms with Crippen molar-refractivity contribution < 1.29 is 5.11 Å². The third-order valence-corrected chi connectivity index (χ3v) is 5.70. The molecule has 3 rings (SSSR count). The zero-order valence-electron chi connectivity index (χ0n) is 14.3. The summed E-state index contributed by atoms with van der Waals surface area (Å²) in [6, 6.07) is 14.9. The van der Waals surface area contributed by atoms with Crippen molar-refractivity contribution in [3.8, 4) is 0 Å². The van der Waals surface area contributed by atoms with Gasteiger partial charge in [0.05, 0.1) is 5.60 Å². The molecule has 0 aliphatic carbocycles. The molecule has 2 aromatic rings. The quantitative estimate of drug-likeness (QED) is 0.662. The van der Waals surface area contributed by atoms with Crippen molar-refractivity contribution in [3.05, 3.63) is 48.0 Å². The normalized spacial score (nSPS) is 21.2. The van der Waals surface area contributed by atoms with E-state index >= 15 is 0 Å². The van der Waals surface area contributed by atoms with Crippen LogP contribution < -0.4 is 5.32 Å². The Hall–Kier alpha value is -1.72. The maximum absolute atomic E-state index is 10.5. The minimum Gasteiger partial charge on any atom is -0.387 e. The van der Waals surface area contributed by atoms with Crippen LogP contribution >= 0.6 is 11.8 Å². The van der Waals surface area contributed by atoms with E-state index in [1.807, 2.05) is 18.8 Å². The first kappa shape index (κ1) is 17.1. The Bertz CT molecular complexity index is 725. The zero-order chi connectivity index (χ0) is 17.0. The first-order valence-electron chi connectivity index (χ1n) is 8.29. The lowest BCUT2D eigenvalue weighted by atomic mass is 10.0. The summed E-state index contributed by atoms with van der Waals surface area (Å²) in [5.74, 6) is 2.64. The molecule has 1 atom stereocenters. The molecular formula is C19H25N3OS. The fourth-order valence-corrected chi connectivity index (χ4v) is 4.35. The number of fused-ring (bicyclic) bond motifs is 1. The van der Waals surface area contributed by atoms with Gasteiger partial charge in [-0.15, -0.1) is 0 Å². The highest BCUT2D eigenvalue weighted by Crippen LogP contribution is 2.27. The molecule has 24 heavy (non-hydrogen) atoms. The molecule has 2 N–H and O–H groups in total. The molecule has 1 saturated heterocycles. The standard InChI is InChI=1S/C19H25N3OS/c1-20-18(21-13-19(23)9-10-24-14-19)22(2)12-15-7-8-16-5-3-4-6-17(16)11-15/h3-8,11,23H,9-10,12-14H2,1-2H3,(H,20,21). The van der Waals surface area contributed by atoms with E-state index in [-0.39, 0.29) is 0 Å². The van der Waals surface area contributed by atoms with E-state index in [2.05, 4.69) is 57.7 Å². The maximum Gasteiger partial charge on any atom is 0.193 e. The molecule has 0 amide bonds. The highest BCUT2D eigenvalue weighted by atomic mass is 32.2. The summed E-state index contributed by atoms with van der Waals surface area (Å²) in [6.07, 6.45) is 0.843. The second kappa shape index (κ2) is 7.45. The van der Waals surface area contributed by atoms with Gasteiger partial charge in [-0.25, -0.2) is 0 Å². The molecule has 0 spiro atoms. The first-order valence-corrected chi connectivity index (χ1v) is 9.45. The van der Waals surface area contributed by atoms with Crippen LogP contribution in [0.1, 0.15) is 12.0 Å². The van der Waals surface area contributed by atoms with Gasteiger partial charge in [-0.2, -0.15) is 11.8 Å². The lowest BCUT2D eigenvalue weighted by Gasteiger charge is -2.27. The topological polar surface area (TPSA) is 47.9 Å². The zero-order valence-corrected chi connectivity index (χ0v) is 15.1. The molecule has 1 aliphatic rings. The number of hydrogen-bond acceptors (Lipinski definition) is 3. The minimum atomic E-state index is -0.607. The van der Waals surface area contributed by atoms with Crippen LogP contribution in [0.4, 0.5) is 0 Å². The van der Waals surface area contributed by atoms with Gasteiger partial charge < -0.3 is 15.3 Å². The molecular weight excluding hydrogens is 318 g/mol. The molecule has 0 aromatic heterocycles. The lowest BCUT2D eigenvalue weighted by molar-refractivity contribution is 0.0718. The molecule has 5 heteroatoms. The molecule has 0 saturated carbocycles. The Morgan fingerprint density at radius 1 is 1.29 bits per heavy atom. The minimum absolute atomic E-state index is 0.550. The van der Waals surface area contributed by atoms with Crippen molar-refractivity contribution in [1.29, 1.82) is 0 Å². The number of aliphatic hydroxyl groups is 1. The smallest absolute Gasteiger partial charge is 0.193 e. The highest BCUT2D eigenvalue weighted by molar-refractivity contribution is 7.99. The monoisotopic (exact) mass is 343 g/mol. The fraction of sp³-hybridized carbons (Fsp3) is 0.421. The summed E-state index contributed by atoms with van der Waals surface area (Å²) in [4.78, 5) is 6.44. The van der Waals surface area contributed by atoms with E-state index in [1.54, 1.807) is 7.05 Å². The van der Waals surface area contributed by atoms with Gasteiger partial charge in [0.25, 0.3) is 0 Å². The summed E-state index contributed by atoms with van der Waals surface area (Å²) in [5.41, 5.74) is 0.638. The summed E-state index contributed by atoms with van der Waals surface area (Å²) in [7, 11) is 3.81. The van der Waals surface area contributed by atoms with Crippen LogP contribution in [-0.4, -0.2) is 53.7 Å². The van der Waals surface area contributed by atoms with Crippen LogP contribution in [0, 0.1) is 0 Å². The van der Waals surface area contributed by atoms with Crippen molar-refractivity contribution in [2.24, 2.45) is 4.99 Å². The van der Waals surface area contributed by atoms with E-state index in [0.29, 0.717) is 6.54 Å². The maximum atomic E-state index is 10.5. The van der Waals surface area contributed by atoms with Gasteiger partial charge in [-0.05, 0) is 34.6 Å². The fourth-order valence-electron chi connectivity index (χ4n) is 3.05. The lowest BCUT2D eigenvalue weighted by Crippen LogP contribution is -2.47. The van der Waals surface area contributed by atoms with Crippen LogP contribution in [0.3, 0.4) is 0 Å². The number of guanidine groups is 1. The Labute approximate surface area is 148 Å². The van der Waals surface area contributed by atoms with Gasteiger partial charge in [0.2, 0.25) is 0 Å². The largest absolute Gasteiger partial charge is 0.387 e. The second-order valence-electron chi connectivity index (χ2n) is 6.47. The number of nitrogens with one attached hydrogen (secondary N) is 1. The number of rotatable bonds is 4. The van der Waals surface area contributed by atoms with Crippen molar-refractivity contribution in [2.45, 2.75) is 18.6 Å².